The predicted molar refractivity (Wildman–Crippen MR) is 299 cm³/mol. The molecular formula is C66H38N2O2S. The average molecular weight is 923 g/mol. The van der Waals surface area contributed by atoms with Gasteiger partial charge in [-0.25, -0.2) is 0 Å². The summed E-state index contributed by atoms with van der Waals surface area (Å²) in [5, 5.41) is 12.0. The Morgan fingerprint density at radius 3 is 1.03 bits per heavy atom. The van der Waals surface area contributed by atoms with E-state index >= 15 is 0 Å². The number of thiophene rings is 1. The number of nitrogens with zero attached hydrogens (tertiary/aromatic N) is 2. The van der Waals surface area contributed by atoms with Gasteiger partial charge in [0.1, 0.15) is 22.3 Å². The van der Waals surface area contributed by atoms with Gasteiger partial charge in [0.15, 0.2) is 0 Å². The minimum Gasteiger partial charge on any atom is -0.456 e. The highest BCUT2D eigenvalue weighted by Gasteiger charge is 2.18. The SMILES string of the molecule is c1cc(-c2ccc3oc4ccc(-c5ccc6oc7ccc(-n8c9ccccc9c9ccccc98)cc7c6c5)cc4c3c2)cc(-c2ccc3sc4ccc(-n5c6ccccc6c6ccccc65)cc4c3c2)c1. The Balaban J connectivity index is 0.759. The van der Waals surface area contributed by atoms with Crippen LogP contribution in [-0.4, -0.2) is 9.13 Å². The number of para-hydroxylation sites is 4. The smallest absolute Gasteiger partial charge is 0.135 e. The van der Waals surface area contributed by atoms with Gasteiger partial charge >= 0.3 is 0 Å². The summed E-state index contributed by atoms with van der Waals surface area (Å²) in [5.74, 6) is 0. The Labute approximate surface area is 410 Å². The zero-order valence-corrected chi connectivity index (χ0v) is 38.9. The van der Waals surface area contributed by atoms with Crippen LogP contribution in [0, 0.1) is 0 Å². The molecule has 4 nitrogen and oxygen atoms in total. The van der Waals surface area contributed by atoms with Crippen LogP contribution in [0.1, 0.15) is 0 Å². The van der Waals surface area contributed by atoms with Gasteiger partial charge < -0.3 is 18.0 Å². The van der Waals surface area contributed by atoms with E-state index in [-0.39, 0.29) is 0 Å². The lowest BCUT2D eigenvalue weighted by Crippen LogP contribution is -1.93. The first kappa shape index (κ1) is 38.8. The van der Waals surface area contributed by atoms with E-state index in [0.29, 0.717) is 0 Å². The summed E-state index contributed by atoms with van der Waals surface area (Å²) in [6.07, 6.45) is 0. The number of hydrogen-bond donors (Lipinski definition) is 0. The zero-order valence-electron chi connectivity index (χ0n) is 38.1. The standard InChI is InChI=1S/C66H38N2O2S/c1-5-16-57-47(12-1)48-13-2-6-17-58(48)67(57)45-24-29-64-54(37-45)53-35-43(22-28-63(53)70-64)42-21-27-62-52(34-42)51-33-41(20-26-61(51)69-62)39-10-9-11-40(32-39)44-23-30-65-55(36-44)56-38-46(25-31-66(56)71-65)68-59-18-7-3-14-49(59)50-15-4-8-19-60(50)68/h1-38H. The monoisotopic (exact) mass is 922 g/mol. The van der Waals surface area contributed by atoms with E-state index in [9.17, 15) is 0 Å². The lowest BCUT2D eigenvalue weighted by Gasteiger charge is -2.09. The second-order valence-corrected chi connectivity index (χ2v) is 19.9. The summed E-state index contributed by atoms with van der Waals surface area (Å²) in [6.45, 7) is 0. The maximum absolute atomic E-state index is 6.48. The molecule has 0 aliphatic rings. The highest BCUT2D eigenvalue weighted by molar-refractivity contribution is 7.25. The Morgan fingerprint density at radius 2 is 0.563 bits per heavy atom. The first-order valence-electron chi connectivity index (χ1n) is 24.1. The molecule has 0 saturated heterocycles. The minimum absolute atomic E-state index is 0.873. The predicted octanol–water partition coefficient (Wildman–Crippen LogP) is 19.0. The molecule has 16 rings (SSSR count). The number of aromatic nitrogens is 2. The molecule has 0 radical (unpaired) electrons. The van der Waals surface area contributed by atoms with Crippen molar-refractivity contribution in [3.8, 4) is 44.8 Å². The quantitative estimate of drug-likeness (QED) is 0.172. The molecule has 11 aromatic carbocycles. The molecule has 0 saturated carbocycles. The number of furan rings is 2. The molecule has 0 spiro atoms. The molecule has 330 valence electrons. The fourth-order valence-corrected chi connectivity index (χ4v) is 12.7. The third-order valence-corrected chi connectivity index (χ3v) is 16.1. The second-order valence-electron chi connectivity index (χ2n) is 18.8. The second kappa shape index (κ2) is 14.7. The number of hydrogen-bond acceptors (Lipinski definition) is 3. The van der Waals surface area contributed by atoms with E-state index in [0.717, 1.165) is 71.8 Å². The van der Waals surface area contributed by atoms with Crippen LogP contribution in [0.3, 0.4) is 0 Å². The third-order valence-electron chi connectivity index (χ3n) is 14.9. The fourth-order valence-electron chi connectivity index (χ4n) is 11.6. The number of rotatable bonds is 5. The first-order chi connectivity index (χ1) is 35.1. The summed E-state index contributed by atoms with van der Waals surface area (Å²) >= 11 is 1.86. The van der Waals surface area contributed by atoms with Crippen molar-refractivity contribution >= 4 is 119 Å². The highest BCUT2D eigenvalue weighted by Crippen LogP contribution is 2.42. The summed E-state index contributed by atoms with van der Waals surface area (Å²) in [5.41, 5.74) is 17.6. The molecular weight excluding hydrogens is 885 g/mol. The first-order valence-corrected chi connectivity index (χ1v) is 24.9. The Kier molecular flexibility index (Phi) is 8.01. The normalized spacial score (nSPS) is 12.2. The summed E-state index contributed by atoms with van der Waals surface area (Å²) in [4.78, 5) is 0. The van der Waals surface area contributed by atoms with Crippen LogP contribution in [0.25, 0.3) is 152 Å². The molecule has 0 bridgehead atoms. The van der Waals surface area contributed by atoms with Gasteiger partial charge in [0.05, 0.1) is 22.1 Å². The summed E-state index contributed by atoms with van der Waals surface area (Å²) in [7, 11) is 0. The maximum Gasteiger partial charge on any atom is 0.135 e. The summed E-state index contributed by atoms with van der Waals surface area (Å²) in [6, 6.07) is 83.8. The van der Waals surface area contributed by atoms with E-state index in [1.807, 2.05) is 11.3 Å². The van der Waals surface area contributed by atoms with Crippen LogP contribution in [0.4, 0.5) is 0 Å². The molecule has 0 aliphatic heterocycles. The molecule has 16 aromatic rings. The van der Waals surface area contributed by atoms with Gasteiger partial charge in [-0.05, 0) is 149 Å². The molecule has 71 heavy (non-hydrogen) atoms. The Hall–Kier alpha value is -9.16. The van der Waals surface area contributed by atoms with Crippen LogP contribution in [0.15, 0.2) is 239 Å². The van der Waals surface area contributed by atoms with E-state index < -0.39 is 0 Å². The average Bonchev–Trinajstić information content (AvgIpc) is 4.24. The van der Waals surface area contributed by atoms with Gasteiger partial charge in [0, 0.05) is 74.6 Å². The zero-order chi connectivity index (χ0) is 46.3. The van der Waals surface area contributed by atoms with Crippen molar-refractivity contribution in [3.63, 3.8) is 0 Å². The van der Waals surface area contributed by atoms with E-state index in [1.54, 1.807) is 0 Å². The van der Waals surface area contributed by atoms with Crippen LogP contribution in [-0.2, 0) is 0 Å². The topological polar surface area (TPSA) is 36.1 Å². The lowest BCUT2D eigenvalue weighted by atomic mass is 9.96. The molecule has 5 heterocycles. The maximum atomic E-state index is 6.48. The Bertz CT molecular complexity index is 4790. The fraction of sp³-hybridized carbons (Fsp3) is 0. The number of benzene rings is 11. The molecule has 0 unspecified atom stereocenters. The minimum atomic E-state index is 0.873. The van der Waals surface area contributed by atoms with Crippen molar-refractivity contribution in [2.24, 2.45) is 0 Å². The molecule has 0 aliphatic carbocycles. The molecule has 5 heteroatoms. The van der Waals surface area contributed by atoms with E-state index in [1.165, 1.54) is 80.6 Å². The van der Waals surface area contributed by atoms with Crippen molar-refractivity contribution in [2.75, 3.05) is 0 Å². The van der Waals surface area contributed by atoms with Gasteiger partial charge in [0.25, 0.3) is 0 Å². The van der Waals surface area contributed by atoms with Gasteiger partial charge in [0.2, 0.25) is 0 Å². The lowest BCUT2D eigenvalue weighted by molar-refractivity contribution is 0.668. The van der Waals surface area contributed by atoms with Crippen molar-refractivity contribution < 1.29 is 8.83 Å². The molecule has 0 amide bonds. The highest BCUT2D eigenvalue weighted by atomic mass is 32.1. The number of fused-ring (bicyclic) bond motifs is 15. The van der Waals surface area contributed by atoms with E-state index in [4.69, 9.17) is 8.83 Å². The van der Waals surface area contributed by atoms with Crippen LogP contribution < -0.4 is 0 Å². The van der Waals surface area contributed by atoms with Crippen molar-refractivity contribution in [3.05, 3.63) is 231 Å². The van der Waals surface area contributed by atoms with Crippen molar-refractivity contribution in [1.29, 1.82) is 0 Å². The molecule has 5 aromatic heterocycles. The van der Waals surface area contributed by atoms with E-state index in [2.05, 4.69) is 240 Å². The van der Waals surface area contributed by atoms with Crippen LogP contribution in [0.5, 0.6) is 0 Å². The summed E-state index contributed by atoms with van der Waals surface area (Å²) < 4.78 is 20.3. The Morgan fingerprint density at radius 1 is 0.239 bits per heavy atom. The van der Waals surface area contributed by atoms with Crippen LogP contribution in [0.2, 0.25) is 0 Å². The van der Waals surface area contributed by atoms with Crippen molar-refractivity contribution in [1.82, 2.24) is 9.13 Å². The molecule has 0 atom stereocenters. The molecule has 0 N–H and O–H groups in total. The third kappa shape index (κ3) is 5.78. The van der Waals surface area contributed by atoms with Gasteiger partial charge in [-0.1, -0.05) is 115 Å². The van der Waals surface area contributed by atoms with Crippen LogP contribution >= 0.6 is 11.3 Å². The largest absolute Gasteiger partial charge is 0.456 e. The van der Waals surface area contributed by atoms with Crippen molar-refractivity contribution in [2.45, 2.75) is 0 Å². The van der Waals surface area contributed by atoms with Gasteiger partial charge in [-0.15, -0.1) is 11.3 Å². The molecule has 0 fully saturated rings. The van der Waals surface area contributed by atoms with Gasteiger partial charge in [-0.2, -0.15) is 0 Å². The van der Waals surface area contributed by atoms with Gasteiger partial charge in [-0.3, -0.25) is 0 Å².